The van der Waals surface area contributed by atoms with Crippen LogP contribution in [0.2, 0.25) is 0 Å². The molecule has 0 spiro atoms. The monoisotopic (exact) mass is 274 g/mol. The number of aryl methyl sites for hydroxylation is 1. The van der Waals surface area contributed by atoms with Gasteiger partial charge in [0, 0.05) is 9.99 Å². The van der Waals surface area contributed by atoms with Crippen molar-refractivity contribution in [3.05, 3.63) is 32.9 Å². The molecule has 0 aliphatic carbocycles. The van der Waals surface area contributed by atoms with E-state index < -0.39 is 0 Å². The number of carbonyl (C=O) groups is 1. The van der Waals surface area contributed by atoms with Crippen LogP contribution in [0.15, 0.2) is 18.2 Å². The van der Waals surface area contributed by atoms with Gasteiger partial charge in [-0.2, -0.15) is 0 Å². The van der Waals surface area contributed by atoms with Crippen molar-refractivity contribution >= 4 is 28.9 Å². The van der Waals surface area contributed by atoms with Gasteiger partial charge in [-0.15, -0.1) is 0 Å². The van der Waals surface area contributed by atoms with Crippen molar-refractivity contribution in [2.75, 3.05) is 0 Å². The summed E-state index contributed by atoms with van der Waals surface area (Å²) in [5, 5.41) is 0. The highest BCUT2D eigenvalue weighted by Gasteiger charge is 2.01. The van der Waals surface area contributed by atoms with Crippen LogP contribution in [0.4, 0.5) is 0 Å². The summed E-state index contributed by atoms with van der Waals surface area (Å²) in [6, 6.07) is 6.21. The van der Waals surface area contributed by atoms with Crippen molar-refractivity contribution in [2.45, 2.75) is 19.8 Å². The maximum Gasteiger partial charge on any atom is 0.120 e. The number of rotatable bonds is 3. The number of hydrogen-bond acceptors (Lipinski definition) is 1. The molecule has 0 aliphatic heterocycles. The first-order chi connectivity index (χ1) is 5.75. The molecule has 64 valence electrons. The van der Waals surface area contributed by atoms with Gasteiger partial charge in [0.2, 0.25) is 0 Å². The van der Waals surface area contributed by atoms with E-state index in [9.17, 15) is 4.79 Å². The van der Waals surface area contributed by atoms with Crippen LogP contribution < -0.4 is 0 Å². The Morgan fingerprint density at radius 2 is 2.25 bits per heavy atom. The Bertz CT molecular complexity index is 261. The van der Waals surface area contributed by atoms with Gasteiger partial charge in [0.05, 0.1) is 0 Å². The first kappa shape index (κ1) is 9.71. The molecule has 0 amide bonds. The van der Waals surface area contributed by atoms with Crippen LogP contribution in [0.1, 0.15) is 17.5 Å². The van der Waals surface area contributed by atoms with E-state index in [4.69, 9.17) is 0 Å². The van der Waals surface area contributed by atoms with Crippen molar-refractivity contribution in [3.63, 3.8) is 0 Å². The second-order valence-electron chi connectivity index (χ2n) is 2.74. The summed E-state index contributed by atoms with van der Waals surface area (Å²) in [6.07, 6.45) is 2.47. The molecule has 0 aromatic heterocycles. The van der Waals surface area contributed by atoms with Crippen LogP contribution in [-0.2, 0) is 11.2 Å². The lowest BCUT2D eigenvalue weighted by Gasteiger charge is -2.05. The highest BCUT2D eigenvalue weighted by molar-refractivity contribution is 14.1. The zero-order valence-electron chi connectivity index (χ0n) is 7.01. The standard InChI is InChI=1S/C10H11IO/c1-8-4-2-6-10(11)9(8)5-3-7-12/h2,4,6-7H,3,5H2,1H3. The summed E-state index contributed by atoms with van der Waals surface area (Å²) in [5.41, 5.74) is 2.59. The Hall–Kier alpha value is -0.380. The summed E-state index contributed by atoms with van der Waals surface area (Å²) >= 11 is 2.31. The first-order valence-corrected chi connectivity index (χ1v) is 5.01. The van der Waals surface area contributed by atoms with Gasteiger partial charge in [0.1, 0.15) is 6.29 Å². The number of aldehydes is 1. The lowest BCUT2D eigenvalue weighted by molar-refractivity contribution is -0.107. The molecule has 2 heteroatoms. The average Bonchev–Trinajstić information content (AvgIpc) is 2.04. The van der Waals surface area contributed by atoms with E-state index in [1.807, 2.05) is 6.07 Å². The Kier molecular flexibility index (Phi) is 3.72. The largest absolute Gasteiger partial charge is 0.303 e. The Labute approximate surface area is 86.3 Å². The van der Waals surface area contributed by atoms with Gasteiger partial charge in [-0.3, -0.25) is 0 Å². The third-order valence-electron chi connectivity index (χ3n) is 1.87. The highest BCUT2D eigenvalue weighted by atomic mass is 127. The van der Waals surface area contributed by atoms with E-state index in [1.54, 1.807) is 0 Å². The molecule has 12 heavy (non-hydrogen) atoms. The molecule has 0 radical (unpaired) electrons. The zero-order valence-corrected chi connectivity index (χ0v) is 9.17. The molecule has 1 aromatic rings. The van der Waals surface area contributed by atoms with Crippen LogP contribution in [0.5, 0.6) is 0 Å². The molecule has 0 fully saturated rings. The second kappa shape index (κ2) is 4.60. The van der Waals surface area contributed by atoms with Crippen molar-refractivity contribution in [3.8, 4) is 0 Å². The van der Waals surface area contributed by atoms with E-state index in [0.29, 0.717) is 6.42 Å². The summed E-state index contributed by atoms with van der Waals surface area (Å²) < 4.78 is 1.26. The van der Waals surface area contributed by atoms with Crippen molar-refractivity contribution in [1.82, 2.24) is 0 Å². The van der Waals surface area contributed by atoms with E-state index in [-0.39, 0.29) is 0 Å². The minimum absolute atomic E-state index is 0.626. The number of benzene rings is 1. The third-order valence-corrected chi connectivity index (χ3v) is 2.88. The maximum absolute atomic E-state index is 10.2. The molecule has 0 aliphatic rings. The molecule has 0 unspecified atom stereocenters. The minimum Gasteiger partial charge on any atom is -0.303 e. The summed E-state index contributed by atoms with van der Waals surface area (Å²) in [5.74, 6) is 0. The topological polar surface area (TPSA) is 17.1 Å². The van der Waals surface area contributed by atoms with Crippen LogP contribution in [0, 0.1) is 10.5 Å². The average molecular weight is 274 g/mol. The molecule has 1 rings (SSSR count). The van der Waals surface area contributed by atoms with Gasteiger partial charge in [-0.1, -0.05) is 12.1 Å². The Morgan fingerprint density at radius 3 is 2.83 bits per heavy atom. The number of carbonyl (C=O) groups excluding carboxylic acids is 1. The quantitative estimate of drug-likeness (QED) is 0.612. The van der Waals surface area contributed by atoms with Crippen molar-refractivity contribution in [1.29, 1.82) is 0 Å². The summed E-state index contributed by atoms with van der Waals surface area (Å²) in [4.78, 5) is 10.2. The predicted octanol–water partition coefficient (Wildman–Crippen LogP) is 2.73. The minimum atomic E-state index is 0.626. The van der Waals surface area contributed by atoms with Crippen molar-refractivity contribution in [2.24, 2.45) is 0 Å². The first-order valence-electron chi connectivity index (χ1n) is 3.93. The number of halogens is 1. The van der Waals surface area contributed by atoms with Crippen LogP contribution in [0.25, 0.3) is 0 Å². The van der Waals surface area contributed by atoms with Gasteiger partial charge in [0.15, 0.2) is 0 Å². The lowest BCUT2D eigenvalue weighted by atomic mass is 10.0. The van der Waals surface area contributed by atoms with Crippen LogP contribution in [-0.4, -0.2) is 6.29 Å². The molecule has 0 N–H and O–H groups in total. The van der Waals surface area contributed by atoms with Gasteiger partial charge in [-0.05, 0) is 53.1 Å². The van der Waals surface area contributed by atoms with E-state index in [1.165, 1.54) is 14.7 Å². The predicted molar refractivity (Wildman–Crippen MR) is 58.3 cm³/mol. The van der Waals surface area contributed by atoms with E-state index in [0.717, 1.165) is 12.7 Å². The summed E-state index contributed by atoms with van der Waals surface area (Å²) in [7, 11) is 0. The number of hydrogen-bond donors (Lipinski definition) is 0. The zero-order chi connectivity index (χ0) is 8.97. The molecule has 1 nitrogen and oxygen atoms in total. The van der Waals surface area contributed by atoms with Crippen molar-refractivity contribution < 1.29 is 4.79 Å². The fourth-order valence-electron chi connectivity index (χ4n) is 1.19. The van der Waals surface area contributed by atoms with E-state index in [2.05, 4.69) is 41.6 Å². The lowest BCUT2D eigenvalue weighted by Crippen LogP contribution is -1.93. The SMILES string of the molecule is Cc1cccc(I)c1CCC=O. The van der Waals surface area contributed by atoms with Gasteiger partial charge in [-0.25, -0.2) is 0 Å². The summed E-state index contributed by atoms with van der Waals surface area (Å²) in [6.45, 7) is 2.09. The van der Waals surface area contributed by atoms with Gasteiger partial charge in [0.25, 0.3) is 0 Å². The van der Waals surface area contributed by atoms with Crippen LogP contribution in [0.3, 0.4) is 0 Å². The fraction of sp³-hybridized carbons (Fsp3) is 0.300. The molecule has 0 heterocycles. The fourth-order valence-corrected chi connectivity index (χ4v) is 2.09. The smallest absolute Gasteiger partial charge is 0.120 e. The maximum atomic E-state index is 10.2. The van der Waals surface area contributed by atoms with E-state index >= 15 is 0 Å². The second-order valence-corrected chi connectivity index (χ2v) is 3.90. The van der Waals surface area contributed by atoms with Gasteiger partial charge < -0.3 is 4.79 Å². The molecule has 0 saturated carbocycles. The normalized spacial score (nSPS) is 9.83. The highest BCUT2D eigenvalue weighted by Crippen LogP contribution is 2.17. The van der Waals surface area contributed by atoms with Gasteiger partial charge >= 0.3 is 0 Å². The molecule has 0 saturated heterocycles. The molecule has 0 bridgehead atoms. The Balaban J connectivity index is 2.88. The molecular weight excluding hydrogens is 263 g/mol. The molecular formula is C10H11IO. The van der Waals surface area contributed by atoms with Crippen LogP contribution >= 0.6 is 22.6 Å². The Morgan fingerprint density at radius 1 is 1.50 bits per heavy atom. The third kappa shape index (κ3) is 2.30. The molecule has 1 aromatic carbocycles. The molecule has 0 atom stereocenters.